The first kappa shape index (κ1) is 12.8. The number of nitrogens with zero attached hydrogens (tertiary/aromatic N) is 2. The number of fused-ring (bicyclic) bond motifs is 1. The molecule has 0 saturated heterocycles. The van der Waals surface area contributed by atoms with E-state index in [9.17, 15) is 0 Å². The van der Waals surface area contributed by atoms with Gasteiger partial charge in [0.1, 0.15) is 0 Å². The van der Waals surface area contributed by atoms with Gasteiger partial charge in [0.05, 0.1) is 5.52 Å². The first-order valence-corrected chi connectivity index (χ1v) is 6.78. The number of aromatic nitrogens is 2. The molecule has 0 spiro atoms. The maximum Gasteiger partial charge on any atom is 0.0705 e. The standard InChI is InChI=1S/C17H17N3/c1-18-17(11-13-5-3-9-19-12-13)15-6-2-8-16-14(15)7-4-10-20-16/h2-10,12,17-18H,11H2,1H3. The van der Waals surface area contributed by atoms with Crippen molar-refractivity contribution in [2.75, 3.05) is 7.05 Å². The lowest BCUT2D eigenvalue weighted by Gasteiger charge is -2.18. The second-order valence-corrected chi connectivity index (χ2v) is 4.82. The molecule has 3 heteroatoms. The monoisotopic (exact) mass is 263 g/mol. The summed E-state index contributed by atoms with van der Waals surface area (Å²) in [5, 5.41) is 4.61. The van der Waals surface area contributed by atoms with Gasteiger partial charge in [0.15, 0.2) is 0 Å². The van der Waals surface area contributed by atoms with Gasteiger partial charge in [-0.3, -0.25) is 9.97 Å². The summed E-state index contributed by atoms with van der Waals surface area (Å²) in [5.74, 6) is 0. The summed E-state index contributed by atoms with van der Waals surface area (Å²) in [7, 11) is 2.00. The number of pyridine rings is 2. The van der Waals surface area contributed by atoms with E-state index in [0.717, 1.165) is 11.9 Å². The Labute approximate surface area is 118 Å². The van der Waals surface area contributed by atoms with Gasteiger partial charge in [-0.05, 0) is 42.8 Å². The van der Waals surface area contributed by atoms with Gasteiger partial charge in [0.25, 0.3) is 0 Å². The number of nitrogens with one attached hydrogen (secondary N) is 1. The third-order valence-electron chi connectivity index (χ3n) is 3.57. The van der Waals surface area contributed by atoms with Crippen LogP contribution < -0.4 is 5.32 Å². The fraction of sp³-hybridized carbons (Fsp3) is 0.176. The molecule has 0 radical (unpaired) electrons. The van der Waals surface area contributed by atoms with E-state index in [4.69, 9.17) is 0 Å². The number of rotatable bonds is 4. The normalized spacial score (nSPS) is 12.4. The minimum atomic E-state index is 0.257. The fourth-order valence-electron chi connectivity index (χ4n) is 2.55. The maximum atomic E-state index is 4.43. The van der Waals surface area contributed by atoms with E-state index in [1.54, 1.807) is 6.20 Å². The molecule has 0 saturated carbocycles. The number of hydrogen-bond donors (Lipinski definition) is 1. The third kappa shape index (κ3) is 2.53. The summed E-state index contributed by atoms with van der Waals surface area (Å²) in [6, 6.07) is 14.8. The molecule has 2 aromatic heterocycles. The highest BCUT2D eigenvalue weighted by Crippen LogP contribution is 2.25. The zero-order chi connectivity index (χ0) is 13.8. The van der Waals surface area contributed by atoms with Crippen LogP contribution in [0.3, 0.4) is 0 Å². The fourth-order valence-corrected chi connectivity index (χ4v) is 2.55. The number of hydrogen-bond acceptors (Lipinski definition) is 3. The molecule has 3 nitrogen and oxygen atoms in total. The van der Waals surface area contributed by atoms with Crippen molar-refractivity contribution >= 4 is 10.9 Å². The van der Waals surface area contributed by atoms with Crippen molar-refractivity contribution in [1.82, 2.24) is 15.3 Å². The molecule has 1 atom stereocenters. The molecule has 2 heterocycles. The Kier molecular flexibility index (Phi) is 3.70. The third-order valence-corrected chi connectivity index (χ3v) is 3.57. The SMILES string of the molecule is CNC(Cc1cccnc1)c1cccc2ncccc12. The Bertz CT molecular complexity index is 689. The van der Waals surface area contributed by atoms with Gasteiger partial charge >= 0.3 is 0 Å². The second-order valence-electron chi connectivity index (χ2n) is 4.82. The lowest BCUT2D eigenvalue weighted by Crippen LogP contribution is -2.19. The molecule has 0 aliphatic carbocycles. The van der Waals surface area contributed by atoms with E-state index < -0.39 is 0 Å². The Morgan fingerprint density at radius 3 is 2.75 bits per heavy atom. The van der Waals surface area contributed by atoms with Gasteiger partial charge < -0.3 is 5.32 Å². The highest BCUT2D eigenvalue weighted by Gasteiger charge is 2.13. The molecular formula is C17H17N3. The molecular weight excluding hydrogens is 246 g/mol. The first-order valence-electron chi connectivity index (χ1n) is 6.78. The van der Waals surface area contributed by atoms with Gasteiger partial charge in [0, 0.05) is 30.0 Å². The second kappa shape index (κ2) is 5.80. The quantitative estimate of drug-likeness (QED) is 0.786. The number of likely N-dealkylation sites (N-methyl/N-ethyl adjacent to an activating group) is 1. The van der Waals surface area contributed by atoms with Crippen molar-refractivity contribution in [3.8, 4) is 0 Å². The minimum absolute atomic E-state index is 0.257. The smallest absolute Gasteiger partial charge is 0.0705 e. The summed E-state index contributed by atoms with van der Waals surface area (Å²) < 4.78 is 0. The van der Waals surface area contributed by atoms with Crippen LogP contribution in [0.25, 0.3) is 10.9 Å². The van der Waals surface area contributed by atoms with Crippen LogP contribution in [0.5, 0.6) is 0 Å². The topological polar surface area (TPSA) is 37.8 Å². The summed E-state index contributed by atoms with van der Waals surface area (Å²) in [6.07, 6.45) is 6.48. The van der Waals surface area contributed by atoms with Crippen molar-refractivity contribution in [3.63, 3.8) is 0 Å². The van der Waals surface area contributed by atoms with Crippen LogP contribution in [-0.2, 0) is 6.42 Å². The molecule has 0 aliphatic rings. The van der Waals surface area contributed by atoms with E-state index in [2.05, 4.69) is 45.6 Å². The molecule has 1 aromatic carbocycles. The summed E-state index contributed by atoms with van der Waals surface area (Å²) >= 11 is 0. The predicted molar refractivity (Wildman–Crippen MR) is 81.5 cm³/mol. The lowest BCUT2D eigenvalue weighted by atomic mass is 9.96. The van der Waals surface area contributed by atoms with Crippen molar-refractivity contribution < 1.29 is 0 Å². The van der Waals surface area contributed by atoms with Crippen LogP contribution in [0.1, 0.15) is 17.2 Å². The molecule has 0 aliphatic heterocycles. The van der Waals surface area contributed by atoms with Crippen molar-refractivity contribution in [2.45, 2.75) is 12.5 Å². The largest absolute Gasteiger partial charge is 0.313 e. The summed E-state index contributed by atoms with van der Waals surface area (Å²) in [4.78, 5) is 8.61. The molecule has 3 aromatic rings. The van der Waals surface area contributed by atoms with Crippen molar-refractivity contribution in [3.05, 3.63) is 72.2 Å². The Balaban J connectivity index is 1.99. The molecule has 100 valence electrons. The highest BCUT2D eigenvalue weighted by molar-refractivity contribution is 5.82. The zero-order valence-corrected chi connectivity index (χ0v) is 11.5. The van der Waals surface area contributed by atoms with Gasteiger partial charge in [-0.15, -0.1) is 0 Å². The summed E-state index contributed by atoms with van der Waals surface area (Å²) in [5.41, 5.74) is 3.55. The van der Waals surface area contributed by atoms with E-state index in [-0.39, 0.29) is 6.04 Å². The van der Waals surface area contributed by atoms with Crippen LogP contribution in [0, 0.1) is 0 Å². The summed E-state index contributed by atoms with van der Waals surface area (Å²) in [6.45, 7) is 0. The van der Waals surface area contributed by atoms with Gasteiger partial charge in [-0.1, -0.05) is 24.3 Å². The Morgan fingerprint density at radius 2 is 1.95 bits per heavy atom. The van der Waals surface area contributed by atoms with E-state index in [0.29, 0.717) is 0 Å². The van der Waals surface area contributed by atoms with Crippen LogP contribution in [-0.4, -0.2) is 17.0 Å². The molecule has 0 bridgehead atoms. The van der Waals surface area contributed by atoms with Crippen molar-refractivity contribution in [1.29, 1.82) is 0 Å². The molecule has 0 fully saturated rings. The van der Waals surface area contributed by atoms with Crippen LogP contribution in [0.2, 0.25) is 0 Å². The zero-order valence-electron chi connectivity index (χ0n) is 11.5. The average molecular weight is 263 g/mol. The first-order chi connectivity index (χ1) is 9.88. The van der Waals surface area contributed by atoms with Crippen LogP contribution >= 0.6 is 0 Å². The van der Waals surface area contributed by atoms with Gasteiger partial charge in [-0.25, -0.2) is 0 Å². The van der Waals surface area contributed by atoms with Crippen LogP contribution in [0.15, 0.2) is 61.1 Å². The molecule has 1 N–H and O–H groups in total. The predicted octanol–water partition coefficient (Wildman–Crippen LogP) is 3.13. The molecule has 1 unspecified atom stereocenters. The van der Waals surface area contributed by atoms with Crippen LogP contribution in [0.4, 0.5) is 0 Å². The Morgan fingerprint density at radius 1 is 1.05 bits per heavy atom. The average Bonchev–Trinajstić information content (AvgIpc) is 2.53. The highest BCUT2D eigenvalue weighted by atomic mass is 14.9. The van der Waals surface area contributed by atoms with E-state index >= 15 is 0 Å². The molecule has 3 rings (SSSR count). The van der Waals surface area contributed by atoms with Crippen molar-refractivity contribution in [2.24, 2.45) is 0 Å². The Hall–Kier alpha value is -2.26. The molecule has 0 amide bonds. The maximum absolute atomic E-state index is 4.43. The minimum Gasteiger partial charge on any atom is -0.313 e. The van der Waals surface area contributed by atoms with Gasteiger partial charge in [0.2, 0.25) is 0 Å². The lowest BCUT2D eigenvalue weighted by molar-refractivity contribution is 0.595. The van der Waals surface area contributed by atoms with E-state index in [1.165, 1.54) is 16.5 Å². The number of benzene rings is 1. The molecule has 20 heavy (non-hydrogen) atoms. The van der Waals surface area contributed by atoms with E-state index in [1.807, 2.05) is 31.6 Å². The van der Waals surface area contributed by atoms with Gasteiger partial charge in [-0.2, -0.15) is 0 Å².